The Balaban J connectivity index is 1.87. The second-order valence-corrected chi connectivity index (χ2v) is 4.89. The number of hydrogen-bond acceptors (Lipinski definition) is 2. The quantitative estimate of drug-likeness (QED) is 0.808. The number of carbonyl (C=O) groups excluding carboxylic acids is 1. The third kappa shape index (κ3) is 4.14. The summed E-state index contributed by atoms with van der Waals surface area (Å²) in [4.78, 5) is 11.7. The van der Waals surface area contributed by atoms with Gasteiger partial charge >= 0.3 is 0 Å². The van der Waals surface area contributed by atoms with E-state index in [0.29, 0.717) is 5.02 Å². The summed E-state index contributed by atoms with van der Waals surface area (Å²) < 4.78 is 39.2. The molecule has 0 atom stereocenters. The summed E-state index contributed by atoms with van der Waals surface area (Å²) >= 11 is 5.81. The topological polar surface area (TPSA) is 41.1 Å². The zero-order chi connectivity index (χ0) is 16.1. The minimum atomic E-state index is -1.62. The molecule has 7 heteroatoms. The van der Waals surface area contributed by atoms with Crippen LogP contribution in [0.5, 0.6) is 0 Å². The van der Waals surface area contributed by atoms with Gasteiger partial charge in [-0.2, -0.15) is 0 Å². The molecule has 0 saturated heterocycles. The lowest BCUT2D eigenvalue weighted by atomic mass is 10.2. The van der Waals surface area contributed by atoms with Crippen LogP contribution >= 0.6 is 11.6 Å². The molecular formula is C15H12ClF3N2O. The monoisotopic (exact) mass is 328 g/mol. The Bertz CT molecular complexity index is 694. The molecule has 0 radical (unpaired) electrons. The highest BCUT2D eigenvalue weighted by Gasteiger charge is 2.14. The molecule has 0 aliphatic heterocycles. The summed E-state index contributed by atoms with van der Waals surface area (Å²) in [6, 6.07) is 8.65. The van der Waals surface area contributed by atoms with E-state index in [1.54, 1.807) is 24.3 Å². The van der Waals surface area contributed by atoms with Gasteiger partial charge in [-0.1, -0.05) is 17.7 Å². The molecule has 0 aromatic heterocycles. The molecule has 0 heterocycles. The van der Waals surface area contributed by atoms with Crippen LogP contribution in [-0.4, -0.2) is 12.5 Å². The van der Waals surface area contributed by atoms with Crippen molar-refractivity contribution in [2.24, 2.45) is 0 Å². The predicted molar refractivity (Wildman–Crippen MR) is 79.5 cm³/mol. The highest BCUT2D eigenvalue weighted by atomic mass is 35.5. The van der Waals surface area contributed by atoms with Gasteiger partial charge in [-0.15, -0.1) is 0 Å². The van der Waals surface area contributed by atoms with Crippen molar-refractivity contribution in [2.45, 2.75) is 6.42 Å². The summed E-state index contributed by atoms with van der Waals surface area (Å²) in [6.45, 7) is 0.275. The summed E-state index contributed by atoms with van der Waals surface area (Å²) in [5, 5.41) is 5.71. The fourth-order valence-electron chi connectivity index (χ4n) is 1.75. The molecular weight excluding hydrogens is 317 g/mol. The number of anilines is 2. The van der Waals surface area contributed by atoms with Gasteiger partial charge in [0.25, 0.3) is 0 Å². The van der Waals surface area contributed by atoms with Crippen molar-refractivity contribution in [3.8, 4) is 0 Å². The highest BCUT2D eigenvalue weighted by molar-refractivity contribution is 6.30. The predicted octanol–water partition coefficient (Wildman–Crippen LogP) is 4.20. The number of benzene rings is 2. The number of rotatable bonds is 5. The molecule has 0 saturated carbocycles. The first-order valence-corrected chi connectivity index (χ1v) is 6.78. The molecule has 0 fully saturated rings. The summed E-state index contributed by atoms with van der Waals surface area (Å²) in [5.74, 6) is -4.87. The Hall–Kier alpha value is -2.21. The summed E-state index contributed by atoms with van der Waals surface area (Å²) in [7, 11) is 0. The van der Waals surface area contributed by atoms with E-state index < -0.39 is 29.0 Å². The smallest absolute Gasteiger partial charge is 0.226 e. The van der Waals surface area contributed by atoms with Gasteiger partial charge in [0.2, 0.25) is 5.91 Å². The van der Waals surface area contributed by atoms with Crippen molar-refractivity contribution in [1.82, 2.24) is 0 Å². The molecule has 0 aliphatic carbocycles. The minimum Gasteiger partial charge on any atom is -0.384 e. The SMILES string of the molecule is O=C(CCNc1cccc(Cl)c1)Nc1ccc(F)c(F)c1F. The van der Waals surface area contributed by atoms with E-state index in [0.717, 1.165) is 17.8 Å². The Labute approximate surface area is 130 Å². The molecule has 116 valence electrons. The molecule has 1 amide bonds. The fraction of sp³-hybridized carbons (Fsp3) is 0.133. The van der Waals surface area contributed by atoms with E-state index in [4.69, 9.17) is 11.6 Å². The molecule has 0 spiro atoms. The Morgan fingerprint density at radius 1 is 1.09 bits per heavy atom. The molecule has 0 bridgehead atoms. The maximum absolute atomic E-state index is 13.4. The van der Waals surface area contributed by atoms with Crippen LogP contribution in [0.25, 0.3) is 0 Å². The van der Waals surface area contributed by atoms with E-state index >= 15 is 0 Å². The van der Waals surface area contributed by atoms with E-state index in [-0.39, 0.29) is 13.0 Å². The average molecular weight is 329 g/mol. The number of nitrogens with one attached hydrogen (secondary N) is 2. The van der Waals surface area contributed by atoms with Crippen molar-refractivity contribution in [3.05, 3.63) is 58.9 Å². The first-order valence-electron chi connectivity index (χ1n) is 6.40. The van der Waals surface area contributed by atoms with Gasteiger partial charge in [0, 0.05) is 23.7 Å². The van der Waals surface area contributed by atoms with Crippen LogP contribution in [0.2, 0.25) is 5.02 Å². The minimum absolute atomic E-state index is 0.0188. The maximum atomic E-state index is 13.4. The van der Waals surface area contributed by atoms with Crippen molar-refractivity contribution in [3.63, 3.8) is 0 Å². The molecule has 2 rings (SSSR count). The number of halogens is 4. The fourth-order valence-corrected chi connectivity index (χ4v) is 1.94. The standard InChI is InChI=1S/C15H12ClF3N2O/c16-9-2-1-3-10(8-9)20-7-6-13(22)21-12-5-4-11(17)14(18)15(12)19/h1-5,8,20H,6-7H2,(H,21,22). The normalized spacial score (nSPS) is 10.4. The molecule has 2 aromatic rings. The Morgan fingerprint density at radius 2 is 1.86 bits per heavy atom. The highest BCUT2D eigenvalue weighted by Crippen LogP contribution is 2.20. The van der Waals surface area contributed by atoms with E-state index in [9.17, 15) is 18.0 Å². The zero-order valence-electron chi connectivity index (χ0n) is 11.3. The molecule has 0 aliphatic rings. The van der Waals surface area contributed by atoms with E-state index in [2.05, 4.69) is 10.6 Å². The van der Waals surface area contributed by atoms with Crippen LogP contribution in [0.4, 0.5) is 24.5 Å². The Morgan fingerprint density at radius 3 is 2.59 bits per heavy atom. The van der Waals surface area contributed by atoms with Crippen molar-refractivity contribution in [1.29, 1.82) is 0 Å². The summed E-state index contributed by atoms with van der Waals surface area (Å²) in [5.41, 5.74) is 0.339. The van der Waals surface area contributed by atoms with Crippen molar-refractivity contribution in [2.75, 3.05) is 17.2 Å². The zero-order valence-corrected chi connectivity index (χ0v) is 12.1. The molecule has 0 unspecified atom stereocenters. The van der Waals surface area contributed by atoms with Crippen molar-refractivity contribution >= 4 is 28.9 Å². The van der Waals surface area contributed by atoms with Gasteiger partial charge in [0.05, 0.1) is 5.69 Å². The third-order valence-electron chi connectivity index (χ3n) is 2.82. The van der Waals surface area contributed by atoms with Gasteiger partial charge in [-0.3, -0.25) is 4.79 Å². The van der Waals surface area contributed by atoms with Gasteiger partial charge in [-0.25, -0.2) is 13.2 Å². The molecule has 2 aromatic carbocycles. The second kappa shape index (κ2) is 7.17. The summed E-state index contributed by atoms with van der Waals surface area (Å²) in [6.07, 6.45) is 0.0188. The van der Waals surface area contributed by atoms with Gasteiger partial charge in [-0.05, 0) is 30.3 Å². The lowest BCUT2D eigenvalue weighted by Crippen LogP contribution is -2.17. The number of carbonyl (C=O) groups is 1. The lowest BCUT2D eigenvalue weighted by Gasteiger charge is -2.09. The third-order valence-corrected chi connectivity index (χ3v) is 3.05. The van der Waals surface area contributed by atoms with Crippen LogP contribution in [-0.2, 0) is 4.79 Å². The average Bonchev–Trinajstić information content (AvgIpc) is 2.48. The van der Waals surface area contributed by atoms with Gasteiger partial charge in [0.1, 0.15) is 0 Å². The van der Waals surface area contributed by atoms with Gasteiger partial charge in [0.15, 0.2) is 17.5 Å². The molecule has 3 nitrogen and oxygen atoms in total. The number of amides is 1. The van der Waals surface area contributed by atoms with Crippen LogP contribution in [0.3, 0.4) is 0 Å². The first-order chi connectivity index (χ1) is 10.5. The molecule has 2 N–H and O–H groups in total. The van der Waals surface area contributed by atoms with E-state index in [1.807, 2.05) is 0 Å². The van der Waals surface area contributed by atoms with Gasteiger partial charge < -0.3 is 10.6 Å². The van der Waals surface area contributed by atoms with Crippen molar-refractivity contribution < 1.29 is 18.0 Å². The van der Waals surface area contributed by atoms with Crippen LogP contribution in [0.1, 0.15) is 6.42 Å². The van der Waals surface area contributed by atoms with Crippen LogP contribution in [0.15, 0.2) is 36.4 Å². The largest absolute Gasteiger partial charge is 0.384 e. The van der Waals surface area contributed by atoms with Crippen LogP contribution < -0.4 is 10.6 Å². The lowest BCUT2D eigenvalue weighted by molar-refractivity contribution is -0.116. The maximum Gasteiger partial charge on any atom is 0.226 e. The molecule has 22 heavy (non-hydrogen) atoms. The number of hydrogen-bond donors (Lipinski definition) is 2. The Kier molecular flexibility index (Phi) is 5.27. The van der Waals surface area contributed by atoms with Crippen LogP contribution in [0, 0.1) is 17.5 Å². The first kappa shape index (κ1) is 16.2. The second-order valence-electron chi connectivity index (χ2n) is 4.46. The van der Waals surface area contributed by atoms with E-state index in [1.165, 1.54) is 0 Å².